The molecular weight excluding hydrogens is 400 g/mol. The maximum absolute atomic E-state index is 12.6. The van der Waals surface area contributed by atoms with E-state index in [0.29, 0.717) is 18.0 Å². The molecule has 30 heavy (non-hydrogen) atoms. The lowest BCUT2D eigenvalue weighted by Crippen LogP contribution is -2.30. The minimum absolute atomic E-state index is 0.116. The van der Waals surface area contributed by atoms with Gasteiger partial charge in [0.05, 0.1) is 10.6 Å². The van der Waals surface area contributed by atoms with Crippen LogP contribution in [0.15, 0.2) is 83.8 Å². The van der Waals surface area contributed by atoms with Crippen molar-refractivity contribution in [2.75, 3.05) is 17.9 Å². The molecule has 0 aliphatic heterocycles. The van der Waals surface area contributed by atoms with Crippen LogP contribution in [0.1, 0.15) is 11.1 Å². The molecule has 0 fully saturated rings. The largest absolute Gasteiger partial charge is 0.484 e. The molecule has 3 rings (SSSR count). The van der Waals surface area contributed by atoms with E-state index in [1.54, 1.807) is 12.1 Å². The van der Waals surface area contributed by atoms with Gasteiger partial charge in [0, 0.05) is 6.54 Å². The lowest BCUT2D eigenvalue weighted by Gasteiger charge is -2.11. The number of hydrogen-bond acceptors (Lipinski definition) is 4. The standard InChI is InChI=1S/C23H24N2O4S/c1-18-7-5-6-10-22(18)25-30(27,28)21-13-11-20(12-14-21)29-17-23(26)24-16-15-19-8-3-2-4-9-19/h2-14,25H,15-17H2,1H3,(H,24,26). The molecule has 0 saturated carbocycles. The summed E-state index contributed by atoms with van der Waals surface area (Å²) in [5.41, 5.74) is 2.51. The number of aryl methyl sites for hydroxylation is 1. The van der Waals surface area contributed by atoms with E-state index in [4.69, 9.17) is 4.74 Å². The molecule has 0 aromatic heterocycles. The monoisotopic (exact) mass is 424 g/mol. The van der Waals surface area contributed by atoms with Crippen LogP contribution >= 0.6 is 0 Å². The van der Waals surface area contributed by atoms with Crippen LogP contribution < -0.4 is 14.8 Å². The van der Waals surface area contributed by atoms with Gasteiger partial charge in [-0.3, -0.25) is 9.52 Å². The molecule has 0 bridgehead atoms. The Morgan fingerprint density at radius 3 is 2.27 bits per heavy atom. The minimum atomic E-state index is -3.71. The number of benzene rings is 3. The van der Waals surface area contributed by atoms with E-state index in [0.717, 1.165) is 17.5 Å². The molecular formula is C23H24N2O4S. The lowest BCUT2D eigenvalue weighted by molar-refractivity contribution is -0.123. The molecule has 0 atom stereocenters. The fraction of sp³-hybridized carbons (Fsp3) is 0.174. The van der Waals surface area contributed by atoms with Crippen LogP contribution in [-0.4, -0.2) is 27.5 Å². The van der Waals surface area contributed by atoms with Crippen molar-refractivity contribution >= 4 is 21.6 Å². The summed E-state index contributed by atoms with van der Waals surface area (Å²) in [6, 6.07) is 23.0. The van der Waals surface area contributed by atoms with Gasteiger partial charge in [-0.2, -0.15) is 0 Å². The van der Waals surface area contributed by atoms with Crippen LogP contribution in [0.4, 0.5) is 5.69 Å². The van der Waals surface area contributed by atoms with E-state index < -0.39 is 10.0 Å². The Balaban J connectivity index is 1.49. The Bertz CT molecular complexity index is 1080. The topological polar surface area (TPSA) is 84.5 Å². The first-order chi connectivity index (χ1) is 14.4. The van der Waals surface area contributed by atoms with E-state index in [1.807, 2.05) is 49.4 Å². The molecule has 0 aliphatic rings. The normalized spacial score (nSPS) is 11.0. The third-order valence-electron chi connectivity index (χ3n) is 4.47. The number of rotatable bonds is 9. The zero-order valence-corrected chi connectivity index (χ0v) is 17.5. The van der Waals surface area contributed by atoms with Crippen molar-refractivity contribution in [3.8, 4) is 5.75 Å². The van der Waals surface area contributed by atoms with E-state index in [1.165, 1.54) is 24.3 Å². The van der Waals surface area contributed by atoms with Crippen molar-refractivity contribution in [3.63, 3.8) is 0 Å². The maximum Gasteiger partial charge on any atom is 0.261 e. The summed E-state index contributed by atoms with van der Waals surface area (Å²) in [7, 11) is -3.71. The fourth-order valence-corrected chi connectivity index (χ4v) is 3.93. The quantitative estimate of drug-likeness (QED) is 0.550. The number of anilines is 1. The molecule has 0 aliphatic carbocycles. The van der Waals surface area contributed by atoms with Gasteiger partial charge >= 0.3 is 0 Å². The fourth-order valence-electron chi connectivity index (χ4n) is 2.80. The highest BCUT2D eigenvalue weighted by Gasteiger charge is 2.15. The van der Waals surface area contributed by atoms with Gasteiger partial charge in [0.15, 0.2) is 6.61 Å². The van der Waals surface area contributed by atoms with Gasteiger partial charge in [-0.1, -0.05) is 48.5 Å². The van der Waals surface area contributed by atoms with Gasteiger partial charge in [-0.25, -0.2) is 8.42 Å². The summed E-state index contributed by atoms with van der Waals surface area (Å²) in [4.78, 5) is 12.0. The predicted octanol–water partition coefficient (Wildman–Crippen LogP) is 3.53. The van der Waals surface area contributed by atoms with Crippen LogP contribution in [-0.2, 0) is 21.2 Å². The second-order valence-corrected chi connectivity index (χ2v) is 8.45. The summed E-state index contributed by atoms with van der Waals surface area (Å²) >= 11 is 0. The molecule has 3 aromatic rings. The molecule has 156 valence electrons. The summed E-state index contributed by atoms with van der Waals surface area (Å²) in [6.07, 6.45) is 0.743. The van der Waals surface area contributed by atoms with E-state index in [-0.39, 0.29) is 17.4 Å². The zero-order valence-electron chi connectivity index (χ0n) is 16.7. The number of ether oxygens (including phenoxy) is 1. The van der Waals surface area contributed by atoms with Crippen molar-refractivity contribution in [2.24, 2.45) is 0 Å². The first-order valence-corrected chi connectivity index (χ1v) is 11.0. The van der Waals surface area contributed by atoms with Crippen molar-refractivity contribution in [2.45, 2.75) is 18.2 Å². The molecule has 0 radical (unpaired) electrons. The highest BCUT2D eigenvalue weighted by Crippen LogP contribution is 2.21. The van der Waals surface area contributed by atoms with Crippen LogP contribution in [0.5, 0.6) is 5.75 Å². The summed E-state index contributed by atoms with van der Waals surface area (Å²) in [5.74, 6) is 0.187. The third kappa shape index (κ3) is 6.09. The van der Waals surface area contributed by atoms with Gasteiger partial charge in [0.2, 0.25) is 0 Å². The second kappa shape index (κ2) is 9.93. The Kier molecular flexibility index (Phi) is 7.08. The van der Waals surface area contributed by atoms with Gasteiger partial charge in [0.25, 0.3) is 15.9 Å². The maximum atomic E-state index is 12.6. The molecule has 2 N–H and O–H groups in total. The van der Waals surface area contributed by atoms with Crippen LogP contribution in [0.25, 0.3) is 0 Å². The van der Waals surface area contributed by atoms with E-state index in [2.05, 4.69) is 10.0 Å². The molecule has 0 saturated heterocycles. The van der Waals surface area contributed by atoms with Crippen molar-refractivity contribution in [1.82, 2.24) is 5.32 Å². The van der Waals surface area contributed by atoms with Gasteiger partial charge in [-0.05, 0) is 54.8 Å². The Morgan fingerprint density at radius 2 is 1.57 bits per heavy atom. The first-order valence-electron chi connectivity index (χ1n) is 9.56. The zero-order chi connectivity index (χ0) is 21.4. The van der Waals surface area contributed by atoms with Gasteiger partial charge < -0.3 is 10.1 Å². The average molecular weight is 425 g/mol. The van der Waals surface area contributed by atoms with Crippen LogP contribution in [0, 0.1) is 6.92 Å². The number of carbonyl (C=O) groups excluding carboxylic acids is 1. The predicted molar refractivity (Wildman–Crippen MR) is 117 cm³/mol. The van der Waals surface area contributed by atoms with Crippen molar-refractivity contribution < 1.29 is 17.9 Å². The molecule has 0 spiro atoms. The third-order valence-corrected chi connectivity index (χ3v) is 5.85. The number of sulfonamides is 1. The summed E-state index contributed by atoms with van der Waals surface area (Å²) < 4.78 is 33.1. The van der Waals surface area contributed by atoms with Gasteiger partial charge in [-0.15, -0.1) is 0 Å². The van der Waals surface area contributed by atoms with Crippen LogP contribution in [0.2, 0.25) is 0 Å². The number of carbonyl (C=O) groups is 1. The second-order valence-electron chi connectivity index (χ2n) is 6.77. The smallest absolute Gasteiger partial charge is 0.261 e. The van der Waals surface area contributed by atoms with Crippen molar-refractivity contribution in [1.29, 1.82) is 0 Å². The summed E-state index contributed by atoms with van der Waals surface area (Å²) in [5, 5.41) is 2.80. The number of amides is 1. The number of hydrogen-bond donors (Lipinski definition) is 2. The lowest BCUT2D eigenvalue weighted by atomic mass is 10.1. The molecule has 6 nitrogen and oxygen atoms in total. The average Bonchev–Trinajstić information content (AvgIpc) is 2.75. The highest BCUT2D eigenvalue weighted by molar-refractivity contribution is 7.92. The first kappa shape index (κ1) is 21.4. The molecule has 7 heteroatoms. The van der Waals surface area contributed by atoms with Crippen molar-refractivity contribution in [3.05, 3.63) is 90.0 Å². The van der Waals surface area contributed by atoms with Crippen LogP contribution in [0.3, 0.4) is 0 Å². The highest BCUT2D eigenvalue weighted by atomic mass is 32.2. The molecule has 0 heterocycles. The Hall–Kier alpha value is -3.32. The molecule has 0 unspecified atom stereocenters. The van der Waals surface area contributed by atoms with E-state index >= 15 is 0 Å². The molecule has 1 amide bonds. The van der Waals surface area contributed by atoms with E-state index in [9.17, 15) is 13.2 Å². The Morgan fingerprint density at radius 1 is 0.900 bits per heavy atom. The number of nitrogens with one attached hydrogen (secondary N) is 2. The van der Waals surface area contributed by atoms with Gasteiger partial charge in [0.1, 0.15) is 5.75 Å². The summed E-state index contributed by atoms with van der Waals surface area (Å²) in [6.45, 7) is 2.22. The number of para-hydroxylation sites is 1. The SMILES string of the molecule is Cc1ccccc1NS(=O)(=O)c1ccc(OCC(=O)NCCc2ccccc2)cc1. The minimum Gasteiger partial charge on any atom is -0.484 e. The molecule has 3 aromatic carbocycles. The Labute approximate surface area is 177 Å².